The lowest BCUT2D eigenvalue weighted by molar-refractivity contribution is -0.138. The second-order valence-electron chi connectivity index (χ2n) is 4.66. The number of aromatic amines is 1. The van der Waals surface area contributed by atoms with Crippen LogP contribution in [0.3, 0.4) is 0 Å². The molecule has 1 aromatic rings. The number of aryl methyl sites for hydroxylation is 1. The molecule has 0 radical (unpaired) electrons. The molecule has 8 heteroatoms. The van der Waals surface area contributed by atoms with Crippen molar-refractivity contribution in [3.63, 3.8) is 0 Å². The number of hydrogen-bond donors (Lipinski definition) is 2. The fraction of sp³-hybridized carbons (Fsp3) is 0.417. The Morgan fingerprint density at radius 3 is 2.60 bits per heavy atom. The number of carbonyl (C=O) groups excluding carboxylic acids is 3. The fourth-order valence-electron chi connectivity index (χ4n) is 1.99. The minimum Gasteiger partial charge on any atom is -0.317 e. The molecule has 2 N–H and O–H groups in total. The van der Waals surface area contributed by atoms with Crippen molar-refractivity contribution in [2.45, 2.75) is 26.8 Å². The molecule has 8 nitrogen and oxygen atoms in total. The lowest BCUT2D eigenvalue weighted by Gasteiger charge is -2.31. The first kappa shape index (κ1) is 13.9. The number of imide groups is 1. The summed E-state index contributed by atoms with van der Waals surface area (Å²) < 4.78 is 0. The standard InChI is InChI=1S/C12H14N4O4/c1-5-6(2)14-15-11(19)9(5)12(20)16-4-8(17)13-10(18)7(16)3/h7H,4H2,1-3H3,(H,15,19)(H,13,17,18). The maximum atomic E-state index is 12.4. The van der Waals surface area contributed by atoms with Gasteiger partial charge in [-0.25, -0.2) is 5.10 Å². The molecule has 0 aromatic carbocycles. The van der Waals surface area contributed by atoms with E-state index in [9.17, 15) is 19.2 Å². The average molecular weight is 278 g/mol. The molecule has 0 spiro atoms. The Kier molecular flexibility index (Phi) is 3.39. The molecule has 2 rings (SSSR count). The van der Waals surface area contributed by atoms with Crippen molar-refractivity contribution >= 4 is 17.7 Å². The third-order valence-corrected chi connectivity index (χ3v) is 3.37. The largest absolute Gasteiger partial charge is 0.317 e. The van der Waals surface area contributed by atoms with E-state index in [2.05, 4.69) is 15.5 Å². The minimum absolute atomic E-state index is 0.0909. The molecule has 0 aliphatic carbocycles. The van der Waals surface area contributed by atoms with Gasteiger partial charge in [0.05, 0.1) is 5.69 Å². The first-order chi connectivity index (χ1) is 9.32. The van der Waals surface area contributed by atoms with Crippen molar-refractivity contribution < 1.29 is 14.4 Å². The van der Waals surface area contributed by atoms with Gasteiger partial charge in [-0.05, 0) is 26.3 Å². The van der Waals surface area contributed by atoms with Crippen molar-refractivity contribution in [3.8, 4) is 0 Å². The molecule has 1 unspecified atom stereocenters. The van der Waals surface area contributed by atoms with Gasteiger partial charge in [-0.1, -0.05) is 0 Å². The molecule has 1 aromatic heterocycles. The zero-order chi connectivity index (χ0) is 15.0. The molecule has 1 aliphatic rings. The molecule has 20 heavy (non-hydrogen) atoms. The van der Waals surface area contributed by atoms with Gasteiger partial charge in [-0.3, -0.25) is 24.5 Å². The summed E-state index contributed by atoms with van der Waals surface area (Å²) in [4.78, 5) is 48.3. The van der Waals surface area contributed by atoms with Gasteiger partial charge in [-0.15, -0.1) is 0 Å². The molecule has 1 saturated heterocycles. The maximum Gasteiger partial charge on any atom is 0.277 e. The molecule has 0 bridgehead atoms. The van der Waals surface area contributed by atoms with E-state index < -0.39 is 29.3 Å². The number of nitrogens with zero attached hydrogens (tertiary/aromatic N) is 2. The highest BCUT2D eigenvalue weighted by atomic mass is 16.2. The van der Waals surface area contributed by atoms with Crippen LogP contribution in [0.4, 0.5) is 0 Å². The summed E-state index contributed by atoms with van der Waals surface area (Å²) in [5, 5.41) is 8.12. The van der Waals surface area contributed by atoms with E-state index in [0.717, 1.165) is 4.90 Å². The summed E-state index contributed by atoms with van der Waals surface area (Å²) in [7, 11) is 0. The van der Waals surface area contributed by atoms with Crippen molar-refractivity contribution in [1.29, 1.82) is 0 Å². The van der Waals surface area contributed by atoms with Gasteiger partial charge < -0.3 is 4.90 Å². The van der Waals surface area contributed by atoms with Crippen LogP contribution in [0.25, 0.3) is 0 Å². The third kappa shape index (κ3) is 2.20. The van der Waals surface area contributed by atoms with Crippen LogP contribution in [-0.2, 0) is 9.59 Å². The van der Waals surface area contributed by atoms with Crippen molar-refractivity contribution in [2.24, 2.45) is 0 Å². The van der Waals surface area contributed by atoms with Crippen LogP contribution in [0.15, 0.2) is 4.79 Å². The first-order valence-corrected chi connectivity index (χ1v) is 6.03. The number of hydrogen-bond acceptors (Lipinski definition) is 5. The zero-order valence-electron chi connectivity index (χ0n) is 11.3. The van der Waals surface area contributed by atoms with Crippen molar-refractivity contribution in [2.75, 3.05) is 6.54 Å². The molecule has 0 saturated carbocycles. The average Bonchev–Trinajstić information content (AvgIpc) is 2.38. The fourth-order valence-corrected chi connectivity index (χ4v) is 1.99. The quantitative estimate of drug-likeness (QED) is 0.631. The van der Waals surface area contributed by atoms with Crippen LogP contribution in [0.1, 0.15) is 28.5 Å². The summed E-state index contributed by atoms with van der Waals surface area (Å²) >= 11 is 0. The molecule has 1 aliphatic heterocycles. The number of H-pyrrole nitrogens is 1. The topological polar surface area (TPSA) is 112 Å². The van der Waals surface area contributed by atoms with E-state index in [1.165, 1.54) is 6.92 Å². The SMILES string of the molecule is Cc1n[nH]c(=O)c(C(=O)N2CC(=O)NC(=O)C2C)c1C. The first-order valence-electron chi connectivity index (χ1n) is 6.03. The van der Waals surface area contributed by atoms with Crippen LogP contribution >= 0.6 is 0 Å². The van der Waals surface area contributed by atoms with Crippen LogP contribution < -0.4 is 10.9 Å². The van der Waals surface area contributed by atoms with E-state index in [4.69, 9.17) is 0 Å². The van der Waals surface area contributed by atoms with Crippen LogP contribution in [0.2, 0.25) is 0 Å². The van der Waals surface area contributed by atoms with Gasteiger partial charge in [0.15, 0.2) is 0 Å². The molecule has 106 valence electrons. The Labute approximate surface area is 114 Å². The van der Waals surface area contributed by atoms with Gasteiger partial charge in [0.1, 0.15) is 18.2 Å². The molecule has 3 amide bonds. The monoisotopic (exact) mass is 278 g/mol. The second kappa shape index (κ2) is 4.87. The summed E-state index contributed by atoms with van der Waals surface area (Å²) in [5.41, 5.74) is 0.216. The Bertz CT molecular complexity index is 664. The number of aromatic nitrogens is 2. The third-order valence-electron chi connectivity index (χ3n) is 3.37. The highest BCUT2D eigenvalue weighted by Gasteiger charge is 2.35. The van der Waals surface area contributed by atoms with Crippen LogP contribution in [0, 0.1) is 13.8 Å². The Morgan fingerprint density at radius 1 is 1.30 bits per heavy atom. The smallest absolute Gasteiger partial charge is 0.277 e. The van der Waals surface area contributed by atoms with E-state index >= 15 is 0 Å². The van der Waals surface area contributed by atoms with Gasteiger partial charge in [0.25, 0.3) is 11.5 Å². The van der Waals surface area contributed by atoms with E-state index in [1.54, 1.807) is 13.8 Å². The van der Waals surface area contributed by atoms with Crippen LogP contribution in [-0.4, -0.2) is 45.4 Å². The number of nitrogens with one attached hydrogen (secondary N) is 2. The Hall–Kier alpha value is -2.51. The Balaban J connectivity index is 2.46. The number of carbonyl (C=O) groups is 3. The lowest BCUT2D eigenvalue weighted by Crippen LogP contribution is -2.59. The summed E-state index contributed by atoms with van der Waals surface area (Å²) in [6, 6.07) is -0.813. The van der Waals surface area contributed by atoms with E-state index in [0.29, 0.717) is 11.3 Å². The predicted octanol–water partition coefficient (Wildman–Crippen LogP) is -1.13. The van der Waals surface area contributed by atoms with E-state index in [1.807, 2.05) is 0 Å². The number of piperazine rings is 1. The maximum absolute atomic E-state index is 12.4. The molecule has 1 fully saturated rings. The van der Waals surface area contributed by atoms with Gasteiger partial charge in [-0.2, -0.15) is 5.10 Å². The van der Waals surface area contributed by atoms with Gasteiger partial charge in [0, 0.05) is 0 Å². The molecular weight excluding hydrogens is 264 g/mol. The minimum atomic E-state index is -0.813. The molecule has 2 heterocycles. The highest BCUT2D eigenvalue weighted by molar-refractivity contribution is 6.07. The summed E-state index contributed by atoms with van der Waals surface area (Å²) in [5.74, 6) is -1.78. The van der Waals surface area contributed by atoms with Crippen molar-refractivity contribution in [3.05, 3.63) is 27.2 Å². The van der Waals surface area contributed by atoms with Gasteiger partial charge >= 0.3 is 0 Å². The normalized spacial score (nSPS) is 18.9. The Morgan fingerprint density at radius 2 is 1.95 bits per heavy atom. The number of rotatable bonds is 1. The predicted molar refractivity (Wildman–Crippen MR) is 68.0 cm³/mol. The van der Waals surface area contributed by atoms with Crippen LogP contribution in [0.5, 0.6) is 0 Å². The van der Waals surface area contributed by atoms with E-state index in [-0.39, 0.29) is 12.1 Å². The van der Waals surface area contributed by atoms with Crippen molar-refractivity contribution in [1.82, 2.24) is 20.4 Å². The van der Waals surface area contributed by atoms with Gasteiger partial charge in [0.2, 0.25) is 11.8 Å². The summed E-state index contributed by atoms with van der Waals surface area (Å²) in [6.45, 7) is 4.49. The summed E-state index contributed by atoms with van der Waals surface area (Å²) in [6.07, 6.45) is 0. The zero-order valence-corrected chi connectivity index (χ0v) is 11.3. The highest BCUT2D eigenvalue weighted by Crippen LogP contribution is 2.13. The number of amides is 3. The molecule has 1 atom stereocenters. The second-order valence-corrected chi connectivity index (χ2v) is 4.66. The lowest BCUT2D eigenvalue weighted by atomic mass is 10.1. The molecular formula is C12H14N4O4.